The number of fused-ring (bicyclic) bond motifs is 5. The molecule has 232 valence electrons. The summed E-state index contributed by atoms with van der Waals surface area (Å²) in [5, 5.41) is 2.75. The van der Waals surface area contributed by atoms with Crippen molar-refractivity contribution in [2.75, 3.05) is 13.7 Å². The number of hydrogen-bond donors (Lipinski definition) is 2. The number of carbonyl (C=O) groups is 1. The van der Waals surface area contributed by atoms with Gasteiger partial charge in [-0.3, -0.25) is 9.59 Å². The third-order valence-electron chi connectivity index (χ3n) is 10.7. The summed E-state index contributed by atoms with van der Waals surface area (Å²) in [6, 6.07) is 20.7. The molecule has 9 nitrogen and oxygen atoms in total. The lowest BCUT2D eigenvalue weighted by molar-refractivity contribution is 0.0700. The lowest BCUT2D eigenvalue weighted by Gasteiger charge is -2.27. The van der Waals surface area contributed by atoms with E-state index >= 15 is 0 Å². The Morgan fingerprint density at radius 1 is 1.00 bits per heavy atom. The van der Waals surface area contributed by atoms with Crippen LogP contribution in [-0.4, -0.2) is 55.6 Å². The highest BCUT2D eigenvalue weighted by Crippen LogP contribution is 2.41. The molecule has 6 aromatic rings. The number of aryl methyl sites for hydroxylation is 1. The van der Waals surface area contributed by atoms with Crippen LogP contribution in [0.15, 0.2) is 71.7 Å². The second-order valence-electron chi connectivity index (χ2n) is 13.4. The first-order chi connectivity index (χ1) is 22.4. The normalized spacial score (nSPS) is 20.8. The van der Waals surface area contributed by atoms with Crippen LogP contribution in [-0.2, 0) is 13.6 Å². The van der Waals surface area contributed by atoms with E-state index in [1.54, 1.807) is 13.3 Å². The summed E-state index contributed by atoms with van der Waals surface area (Å²) in [4.78, 5) is 35.9. The van der Waals surface area contributed by atoms with E-state index in [0.717, 1.165) is 75.9 Å². The molecule has 3 aliphatic rings. The fourth-order valence-corrected chi connectivity index (χ4v) is 8.01. The van der Waals surface area contributed by atoms with Crippen molar-refractivity contribution >= 4 is 38.6 Å². The van der Waals surface area contributed by atoms with Gasteiger partial charge < -0.3 is 29.5 Å². The number of ether oxygens (including phenoxy) is 1. The van der Waals surface area contributed by atoms with E-state index in [1.807, 2.05) is 42.3 Å². The van der Waals surface area contributed by atoms with E-state index in [1.165, 1.54) is 12.8 Å². The molecule has 9 heteroatoms. The molecule has 46 heavy (non-hydrogen) atoms. The quantitative estimate of drug-likeness (QED) is 0.251. The van der Waals surface area contributed by atoms with Gasteiger partial charge in [0.15, 0.2) is 5.82 Å². The number of aromatic amines is 1. The van der Waals surface area contributed by atoms with E-state index in [0.29, 0.717) is 28.5 Å². The van der Waals surface area contributed by atoms with Gasteiger partial charge in [0, 0.05) is 60.3 Å². The Hall–Kier alpha value is -4.89. The third kappa shape index (κ3) is 4.14. The first kappa shape index (κ1) is 27.4. The van der Waals surface area contributed by atoms with Crippen molar-refractivity contribution in [3.63, 3.8) is 0 Å². The first-order valence-corrected chi connectivity index (χ1v) is 16.2. The van der Waals surface area contributed by atoms with Crippen LogP contribution in [0.1, 0.15) is 36.0 Å². The Morgan fingerprint density at radius 3 is 2.59 bits per heavy atom. The Bertz CT molecular complexity index is 2270. The predicted octanol–water partition coefficient (Wildman–Crippen LogP) is 5.68. The number of nitrogens with zero attached hydrogens (tertiary/aromatic N) is 4. The van der Waals surface area contributed by atoms with Crippen LogP contribution in [0.4, 0.5) is 0 Å². The van der Waals surface area contributed by atoms with Gasteiger partial charge in [-0.05, 0) is 96.5 Å². The van der Waals surface area contributed by atoms with Gasteiger partial charge in [0.05, 0.1) is 18.3 Å². The van der Waals surface area contributed by atoms with Crippen molar-refractivity contribution < 1.29 is 9.53 Å². The van der Waals surface area contributed by atoms with Gasteiger partial charge in [-0.15, -0.1) is 0 Å². The summed E-state index contributed by atoms with van der Waals surface area (Å²) < 4.78 is 10.4. The molecule has 3 fully saturated rings. The lowest BCUT2D eigenvalue weighted by Crippen LogP contribution is -2.41. The SMILES string of the molecule is COc1cc(C(=O)N2C[C@H]3CC[C@@H]2[C@@H]3N)cc2nc(-c3cc4ccc(-c5ccc6c(=O)[nH]ccc6c5)cc4n3CC3CC3)n(C)c12. The summed E-state index contributed by atoms with van der Waals surface area (Å²) in [7, 11) is 3.67. The minimum Gasteiger partial charge on any atom is -0.494 e. The molecular formula is C37H36N6O3. The molecule has 1 amide bonds. The van der Waals surface area contributed by atoms with Crippen molar-refractivity contribution in [3.05, 3.63) is 82.8 Å². The maximum Gasteiger partial charge on any atom is 0.255 e. The van der Waals surface area contributed by atoms with Gasteiger partial charge in [-0.25, -0.2) is 4.98 Å². The molecule has 2 bridgehead atoms. The Morgan fingerprint density at radius 2 is 1.83 bits per heavy atom. The largest absolute Gasteiger partial charge is 0.494 e. The fourth-order valence-electron chi connectivity index (χ4n) is 8.01. The molecule has 3 aromatic carbocycles. The maximum absolute atomic E-state index is 13.8. The van der Waals surface area contributed by atoms with Gasteiger partial charge >= 0.3 is 0 Å². The highest BCUT2D eigenvalue weighted by molar-refractivity contribution is 6.01. The number of rotatable bonds is 6. The summed E-state index contributed by atoms with van der Waals surface area (Å²) in [6.45, 7) is 1.64. The number of benzene rings is 3. The average Bonchev–Trinajstić information content (AvgIpc) is 3.47. The number of methoxy groups -OCH3 is 1. The predicted molar refractivity (Wildman–Crippen MR) is 180 cm³/mol. The number of amides is 1. The van der Waals surface area contributed by atoms with Crippen LogP contribution in [0.25, 0.3) is 55.4 Å². The molecule has 1 aliphatic heterocycles. The van der Waals surface area contributed by atoms with Crippen LogP contribution in [0, 0.1) is 11.8 Å². The summed E-state index contributed by atoms with van der Waals surface area (Å²) in [5.41, 5.74) is 12.9. The molecule has 0 spiro atoms. The van der Waals surface area contributed by atoms with Crippen LogP contribution >= 0.6 is 0 Å². The summed E-state index contributed by atoms with van der Waals surface area (Å²) >= 11 is 0. The monoisotopic (exact) mass is 612 g/mol. The smallest absolute Gasteiger partial charge is 0.255 e. The number of aromatic nitrogens is 4. The van der Waals surface area contributed by atoms with Crippen molar-refractivity contribution in [3.8, 4) is 28.4 Å². The second kappa shape index (κ2) is 10.1. The number of piperidine rings is 1. The van der Waals surface area contributed by atoms with Gasteiger partial charge in [0.2, 0.25) is 0 Å². The molecule has 3 aromatic heterocycles. The zero-order valence-corrected chi connectivity index (χ0v) is 26.0. The van der Waals surface area contributed by atoms with E-state index in [9.17, 15) is 9.59 Å². The van der Waals surface area contributed by atoms with E-state index in [2.05, 4.69) is 44.5 Å². The molecular weight excluding hydrogens is 576 g/mol. The number of pyridine rings is 1. The van der Waals surface area contributed by atoms with Crippen LogP contribution < -0.4 is 16.0 Å². The molecule has 0 unspecified atom stereocenters. The Balaban J connectivity index is 1.16. The molecule has 9 rings (SSSR count). The molecule has 3 N–H and O–H groups in total. The van der Waals surface area contributed by atoms with Gasteiger partial charge in [0.1, 0.15) is 11.3 Å². The minimum atomic E-state index is -0.0785. The van der Waals surface area contributed by atoms with Crippen LogP contribution in [0.2, 0.25) is 0 Å². The highest BCUT2D eigenvalue weighted by atomic mass is 16.5. The van der Waals surface area contributed by atoms with E-state index in [4.69, 9.17) is 15.5 Å². The number of hydrogen-bond acceptors (Lipinski definition) is 5. The fraction of sp³-hybridized carbons (Fsp3) is 0.324. The number of imidazole rings is 1. The Labute approximate surface area is 265 Å². The van der Waals surface area contributed by atoms with Crippen LogP contribution in [0.5, 0.6) is 5.75 Å². The lowest BCUT2D eigenvalue weighted by atomic mass is 10.0. The zero-order valence-electron chi connectivity index (χ0n) is 26.0. The molecule has 2 aliphatic carbocycles. The first-order valence-electron chi connectivity index (χ1n) is 16.2. The minimum absolute atomic E-state index is 0.00345. The van der Waals surface area contributed by atoms with Crippen molar-refractivity contribution in [1.82, 2.24) is 24.0 Å². The number of nitrogens with two attached hydrogens (primary N) is 1. The highest BCUT2D eigenvalue weighted by Gasteiger charge is 2.47. The zero-order chi connectivity index (χ0) is 31.3. The molecule has 4 heterocycles. The average molecular weight is 613 g/mol. The van der Waals surface area contributed by atoms with Crippen LogP contribution in [0.3, 0.4) is 0 Å². The van der Waals surface area contributed by atoms with Gasteiger partial charge in [0.25, 0.3) is 11.5 Å². The summed E-state index contributed by atoms with van der Waals surface area (Å²) in [5.74, 6) is 2.51. The Kier molecular flexibility index (Phi) is 5.99. The standard InChI is InChI=1S/C37H36N6O3/c1-41-34-28(14-26(17-32(34)46-2)37(45)43-19-25-8-10-29(43)33(25)38)40-35(41)31-16-24-6-5-22(15-30(24)42(31)18-20-3-4-20)21-7-9-27-23(13-21)11-12-39-36(27)44/h5-7,9,11-17,20,25,29,33H,3-4,8,10,18-19,38H2,1-2H3,(H,39,44)/t25-,29-,33-/m1/s1. The second-order valence-corrected chi connectivity index (χ2v) is 13.4. The number of carbonyl (C=O) groups excluding carboxylic acids is 1. The number of nitrogens with one attached hydrogen (secondary N) is 1. The van der Waals surface area contributed by atoms with Gasteiger partial charge in [-0.1, -0.05) is 18.2 Å². The molecule has 2 saturated carbocycles. The summed E-state index contributed by atoms with van der Waals surface area (Å²) in [6.07, 6.45) is 6.21. The van der Waals surface area contributed by atoms with Crippen molar-refractivity contribution in [1.29, 1.82) is 0 Å². The van der Waals surface area contributed by atoms with Crippen molar-refractivity contribution in [2.45, 2.75) is 44.3 Å². The van der Waals surface area contributed by atoms with E-state index < -0.39 is 0 Å². The van der Waals surface area contributed by atoms with Crippen molar-refractivity contribution in [2.24, 2.45) is 24.6 Å². The van der Waals surface area contributed by atoms with Gasteiger partial charge in [-0.2, -0.15) is 0 Å². The number of likely N-dealkylation sites (tertiary alicyclic amines) is 1. The number of H-pyrrole nitrogens is 1. The molecule has 3 atom stereocenters. The topological polar surface area (TPSA) is 111 Å². The maximum atomic E-state index is 13.8. The third-order valence-corrected chi connectivity index (χ3v) is 10.7. The molecule has 1 saturated heterocycles. The molecule has 0 radical (unpaired) electrons. The van der Waals surface area contributed by atoms with E-state index in [-0.39, 0.29) is 23.6 Å².